The van der Waals surface area contributed by atoms with E-state index < -0.39 is 15.7 Å². The van der Waals surface area contributed by atoms with Crippen molar-refractivity contribution in [1.29, 1.82) is 0 Å². The standard InChI is InChI=1S/C14H15N3O3S/c1-21(2,19)17-12-8-9-15-13(16-12)14(18)20-10-11-6-4-3-5-7-11/h3-9H,10H2,1-2H3. The maximum Gasteiger partial charge on any atom is 0.376 e. The van der Waals surface area contributed by atoms with Gasteiger partial charge in [-0.1, -0.05) is 30.3 Å². The van der Waals surface area contributed by atoms with E-state index in [1.54, 1.807) is 0 Å². The Morgan fingerprint density at radius 2 is 1.95 bits per heavy atom. The van der Waals surface area contributed by atoms with Gasteiger partial charge in [-0.15, -0.1) is 0 Å². The second-order valence-corrected chi connectivity index (χ2v) is 7.12. The molecule has 110 valence electrons. The predicted octanol–water partition coefficient (Wildman–Crippen LogP) is 2.19. The van der Waals surface area contributed by atoms with Crippen molar-refractivity contribution in [2.24, 2.45) is 4.36 Å². The molecule has 0 radical (unpaired) electrons. The van der Waals surface area contributed by atoms with Crippen LogP contribution in [0.5, 0.6) is 0 Å². The Hall–Kier alpha value is -2.28. The summed E-state index contributed by atoms with van der Waals surface area (Å²) in [4.78, 5) is 19.7. The molecule has 0 unspecified atom stereocenters. The smallest absolute Gasteiger partial charge is 0.376 e. The fourth-order valence-electron chi connectivity index (χ4n) is 1.51. The van der Waals surface area contributed by atoms with Gasteiger partial charge in [0.2, 0.25) is 5.82 Å². The maximum atomic E-state index is 11.9. The summed E-state index contributed by atoms with van der Waals surface area (Å²) in [5.74, 6) is -0.544. The third-order valence-corrected chi connectivity index (χ3v) is 2.98. The molecule has 1 aromatic heterocycles. The highest BCUT2D eigenvalue weighted by Gasteiger charge is 2.12. The summed E-state index contributed by atoms with van der Waals surface area (Å²) in [6, 6.07) is 10.8. The van der Waals surface area contributed by atoms with E-state index in [2.05, 4.69) is 14.3 Å². The van der Waals surface area contributed by atoms with Crippen LogP contribution < -0.4 is 0 Å². The summed E-state index contributed by atoms with van der Waals surface area (Å²) >= 11 is 0. The average Bonchev–Trinajstić information content (AvgIpc) is 2.44. The first-order valence-corrected chi connectivity index (χ1v) is 8.48. The first-order chi connectivity index (χ1) is 9.94. The molecule has 0 saturated heterocycles. The van der Waals surface area contributed by atoms with Crippen LogP contribution in [0.15, 0.2) is 47.0 Å². The van der Waals surface area contributed by atoms with Crippen molar-refractivity contribution in [1.82, 2.24) is 9.97 Å². The molecular weight excluding hydrogens is 290 g/mol. The van der Waals surface area contributed by atoms with E-state index in [-0.39, 0.29) is 18.2 Å². The van der Waals surface area contributed by atoms with Crippen LogP contribution >= 0.6 is 0 Å². The second kappa shape index (κ2) is 6.45. The van der Waals surface area contributed by atoms with Gasteiger partial charge in [-0.05, 0) is 5.56 Å². The largest absolute Gasteiger partial charge is 0.455 e. The molecule has 6 nitrogen and oxygen atoms in total. The van der Waals surface area contributed by atoms with Crippen LogP contribution in [0, 0.1) is 0 Å². The van der Waals surface area contributed by atoms with Crippen molar-refractivity contribution in [2.45, 2.75) is 6.61 Å². The minimum atomic E-state index is -2.34. The molecule has 0 saturated carbocycles. The number of esters is 1. The van der Waals surface area contributed by atoms with Crippen LogP contribution in [0.25, 0.3) is 0 Å². The number of hydrogen-bond donors (Lipinski definition) is 0. The third kappa shape index (κ3) is 4.96. The molecule has 1 aromatic carbocycles. The molecule has 0 aliphatic rings. The van der Waals surface area contributed by atoms with Crippen LogP contribution in [0.1, 0.15) is 16.2 Å². The Balaban J connectivity index is 2.10. The molecule has 2 rings (SSSR count). The normalized spacial score (nSPS) is 11.0. The third-order valence-electron chi connectivity index (χ3n) is 2.35. The highest BCUT2D eigenvalue weighted by atomic mass is 32.2. The first kappa shape index (κ1) is 15.1. The topological polar surface area (TPSA) is 81.5 Å². The minimum absolute atomic E-state index is 0.101. The van der Waals surface area contributed by atoms with Crippen molar-refractivity contribution in [3.05, 3.63) is 54.0 Å². The van der Waals surface area contributed by atoms with Gasteiger partial charge in [-0.3, -0.25) is 0 Å². The number of ether oxygens (including phenoxy) is 1. The second-order valence-electron chi connectivity index (χ2n) is 4.57. The quantitative estimate of drug-likeness (QED) is 0.809. The van der Waals surface area contributed by atoms with Crippen LogP contribution in [0.4, 0.5) is 5.82 Å². The lowest BCUT2D eigenvalue weighted by Gasteiger charge is -2.04. The van der Waals surface area contributed by atoms with Gasteiger partial charge >= 0.3 is 5.97 Å². The van der Waals surface area contributed by atoms with Crippen LogP contribution in [-0.4, -0.2) is 32.7 Å². The lowest BCUT2D eigenvalue weighted by Crippen LogP contribution is -2.09. The van der Waals surface area contributed by atoms with E-state index in [0.29, 0.717) is 0 Å². The van der Waals surface area contributed by atoms with Gasteiger partial charge in [0.05, 0.1) is 0 Å². The Kier molecular flexibility index (Phi) is 4.64. The summed E-state index contributed by atoms with van der Waals surface area (Å²) in [7, 11) is -2.34. The zero-order valence-corrected chi connectivity index (χ0v) is 12.5. The van der Waals surface area contributed by atoms with Gasteiger partial charge in [0.1, 0.15) is 6.61 Å². The van der Waals surface area contributed by atoms with Crippen LogP contribution in [0.2, 0.25) is 0 Å². The molecule has 7 heteroatoms. The highest BCUT2D eigenvalue weighted by Crippen LogP contribution is 2.10. The number of aromatic nitrogens is 2. The van der Waals surface area contributed by atoms with E-state index in [1.165, 1.54) is 24.8 Å². The maximum absolute atomic E-state index is 11.9. The molecule has 0 atom stereocenters. The van der Waals surface area contributed by atoms with Crippen LogP contribution in [-0.2, 0) is 21.1 Å². The Morgan fingerprint density at radius 3 is 2.62 bits per heavy atom. The summed E-state index contributed by atoms with van der Waals surface area (Å²) < 4.78 is 20.6. The number of nitrogens with zero attached hydrogens (tertiary/aromatic N) is 3. The lowest BCUT2D eigenvalue weighted by atomic mass is 10.2. The molecule has 0 aliphatic carbocycles. The van der Waals surface area contributed by atoms with Crippen molar-refractivity contribution >= 4 is 21.5 Å². The van der Waals surface area contributed by atoms with Crippen molar-refractivity contribution < 1.29 is 13.7 Å². The minimum Gasteiger partial charge on any atom is -0.455 e. The summed E-state index contributed by atoms with van der Waals surface area (Å²) in [6.45, 7) is 0.142. The fraction of sp³-hybridized carbons (Fsp3) is 0.214. The molecule has 0 bridgehead atoms. The van der Waals surface area contributed by atoms with E-state index in [0.717, 1.165) is 5.56 Å². The molecule has 0 spiro atoms. The SMILES string of the molecule is CS(C)(=O)=Nc1ccnc(C(=O)OCc2ccccc2)n1. The number of hydrogen-bond acceptors (Lipinski definition) is 6. The number of carbonyl (C=O) groups is 1. The van der Waals surface area contributed by atoms with Crippen molar-refractivity contribution in [2.75, 3.05) is 12.5 Å². The fourth-order valence-corrected chi connectivity index (χ4v) is 2.06. The number of carbonyl (C=O) groups excluding carboxylic acids is 1. The first-order valence-electron chi connectivity index (χ1n) is 6.15. The lowest BCUT2D eigenvalue weighted by molar-refractivity contribution is 0.0458. The molecule has 2 aromatic rings. The van der Waals surface area contributed by atoms with Crippen molar-refractivity contribution in [3.8, 4) is 0 Å². The zero-order valence-electron chi connectivity index (χ0n) is 11.7. The van der Waals surface area contributed by atoms with Crippen LogP contribution in [0.3, 0.4) is 0 Å². The molecule has 21 heavy (non-hydrogen) atoms. The Labute approximate surface area is 123 Å². The molecule has 0 fully saturated rings. The van der Waals surface area contributed by atoms with E-state index in [9.17, 15) is 9.00 Å². The van der Waals surface area contributed by atoms with Gasteiger partial charge in [-0.2, -0.15) is 4.36 Å². The van der Waals surface area contributed by atoms with E-state index in [4.69, 9.17) is 4.74 Å². The van der Waals surface area contributed by atoms with Gasteiger partial charge in [0.25, 0.3) is 0 Å². The van der Waals surface area contributed by atoms with Gasteiger partial charge in [0.15, 0.2) is 5.82 Å². The molecule has 0 N–H and O–H groups in total. The predicted molar refractivity (Wildman–Crippen MR) is 79.7 cm³/mol. The van der Waals surface area contributed by atoms with Gasteiger partial charge < -0.3 is 4.74 Å². The molecule has 0 amide bonds. The van der Waals surface area contributed by atoms with Gasteiger partial charge in [0, 0.05) is 34.5 Å². The van der Waals surface area contributed by atoms with Crippen molar-refractivity contribution in [3.63, 3.8) is 0 Å². The number of benzene rings is 1. The average molecular weight is 305 g/mol. The van der Waals surface area contributed by atoms with E-state index >= 15 is 0 Å². The molecule has 0 aliphatic heterocycles. The number of rotatable bonds is 4. The Morgan fingerprint density at radius 1 is 1.24 bits per heavy atom. The van der Waals surface area contributed by atoms with E-state index in [1.807, 2.05) is 30.3 Å². The summed E-state index contributed by atoms with van der Waals surface area (Å²) in [5.41, 5.74) is 0.872. The molecular formula is C14H15N3O3S. The Bertz CT molecular complexity index is 745. The zero-order chi connectivity index (χ0) is 15.3. The summed E-state index contributed by atoms with van der Waals surface area (Å²) in [6.07, 6.45) is 4.36. The van der Waals surface area contributed by atoms with Gasteiger partial charge in [-0.25, -0.2) is 19.0 Å². The monoisotopic (exact) mass is 305 g/mol. The highest BCUT2D eigenvalue weighted by molar-refractivity contribution is 7.92. The molecule has 1 heterocycles. The summed E-state index contributed by atoms with van der Waals surface area (Å²) in [5, 5.41) is 0.